The van der Waals surface area contributed by atoms with Crippen molar-refractivity contribution >= 4 is 41.4 Å². The van der Waals surface area contributed by atoms with Crippen molar-refractivity contribution in [2.75, 3.05) is 57.9 Å². The average Bonchev–Trinajstić information content (AvgIpc) is 3.77. The maximum Gasteiger partial charge on any atom is 0.320 e. The van der Waals surface area contributed by atoms with Crippen molar-refractivity contribution in [2.45, 2.75) is 88.9 Å². The Hall–Kier alpha value is -6.10. The number of likely N-dealkylation sites (N-methyl/N-ethyl adjacent to an activating group) is 1. The lowest BCUT2D eigenvalue weighted by atomic mass is 9.81. The van der Waals surface area contributed by atoms with Gasteiger partial charge in [0.2, 0.25) is 17.7 Å². The van der Waals surface area contributed by atoms with Gasteiger partial charge in [-0.25, -0.2) is 14.8 Å². The Bertz CT molecular complexity index is 2200. The van der Waals surface area contributed by atoms with Crippen LogP contribution >= 0.6 is 0 Å². The van der Waals surface area contributed by atoms with Crippen LogP contribution in [-0.2, 0) is 38.5 Å². The van der Waals surface area contributed by atoms with Crippen LogP contribution in [0.4, 0.5) is 10.6 Å². The Morgan fingerprint density at radius 2 is 1.79 bits per heavy atom. The van der Waals surface area contributed by atoms with Crippen molar-refractivity contribution in [3.63, 3.8) is 0 Å². The quantitative estimate of drug-likeness (QED) is 0.133. The summed E-state index contributed by atoms with van der Waals surface area (Å²) in [6, 6.07) is 12.8. The monoisotopic (exact) mass is 849 g/mol. The molecule has 4 fully saturated rings. The molecule has 62 heavy (non-hydrogen) atoms. The summed E-state index contributed by atoms with van der Waals surface area (Å²) in [5, 5.41) is 5.37. The fourth-order valence-corrected chi connectivity index (χ4v) is 9.15. The number of ether oxygens (including phenoxy) is 2. The fraction of sp³-hybridized carbons (Fsp3) is 0.511. The van der Waals surface area contributed by atoms with Crippen LogP contribution in [0.5, 0.6) is 5.75 Å². The van der Waals surface area contributed by atoms with Gasteiger partial charge in [0.05, 0.1) is 30.6 Å². The summed E-state index contributed by atoms with van der Waals surface area (Å²) in [4.78, 5) is 91.5. The first-order chi connectivity index (χ1) is 30.0. The third-order valence-corrected chi connectivity index (χ3v) is 12.7. The number of imide groups is 1. The van der Waals surface area contributed by atoms with Crippen molar-refractivity contribution < 1.29 is 38.2 Å². The predicted octanol–water partition coefficient (Wildman–Crippen LogP) is 2.58. The van der Waals surface area contributed by atoms with Crippen LogP contribution in [0.1, 0.15) is 94.6 Å². The standard InChI is InChI=1S/C45H55N9O8/c1-51-18-19-53(45(51)60)31-8-3-17-52(26-31)38-25-48-40(41(46)56)36(49-38)22-28-10-12-32(13-11-28)61-21-5-16-47-42(57)30-23-33(24-30)62-20-4-7-29-6-2-9-34-35(29)27-54(44(34)59)37-14-15-39(55)50-43(37)58/h2,6,9-13,25,30-31,33,37H,3-5,7-8,14-24,26-27H2,1H3,(H2,46,56)(H,47,57)(H,50,55,58)/t30?,31-,33?,37?/m1/s1. The first-order valence-electron chi connectivity index (χ1n) is 21.8. The molecule has 5 heterocycles. The van der Waals surface area contributed by atoms with Crippen molar-refractivity contribution in [2.24, 2.45) is 11.7 Å². The number of urea groups is 1. The van der Waals surface area contributed by atoms with E-state index in [0.29, 0.717) is 94.3 Å². The van der Waals surface area contributed by atoms with Crippen LogP contribution < -0.4 is 26.0 Å². The highest BCUT2D eigenvalue weighted by atomic mass is 16.5. The van der Waals surface area contributed by atoms with Crippen molar-refractivity contribution in [1.29, 1.82) is 0 Å². The number of rotatable bonds is 17. The summed E-state index contributed by atoms with van der Waals surface area (Å²) in [6.07, 6.45) is 7.90. The molecule has 4 aliphatic heterocycles. The zero-order valence-electron chi connectivity index (χ0n) is 35.2. The van der Waals surface area contributed by atoms with Crippen molar-refractivity contribution in [3.05, 3.63) is 82.3 Å². The number of anilines is 1. The number of carbonyl (C=O) groups is 6. The van der Waals surface area contributed by atoms with Crippen LogP contribution in [-0.4, -0.2) is 131 Å². The predicted molar refractivity (Wildman–Crippen MR) is 226 cm³/mol. The van der Waals surface area contributed by atoms with E-state index in [1.165, 1.54) is 0 Å². The van der Waals surface area contributed by atoms with E-state index in [2.05, 4.69) is 20.5 Å². The molecular formula is C45H55N9O8. The minimum Gasteiger partial charge on any atom is -0.494 e. The summed E-state index contributed by atoms with van der Waals surface area (Å²) in [7, 11) is 1.82. The van der Waals surface area contributed by atoms with Crippen LogP contribution in [0.2, 0.25) is 0 Å². The number of benzene rings is 2. The van der Waals surface area contributed by atoms with E-state index < -0.39 is 17.9 Å². The number of carbonyl (C=O) groups excluding carboxylic acids is 6. The molecule has 8 rings (SSSR count). The number of hydrogen-bond donors (Lipinski definition) is 3. The fourth-order valence-electron chi connectivity index (χ4n) is 9.15. The smallest absolute Gasteiger partial charge is 0.320 e. The number of aryl methyl sites for hydroxylation is 1. The molecule has 1 aromatic heterocycles. The van der Waals surface area contributed by atoms with E-state index in [4.69, 9.17) is 20.2 Å². The van der Waals surface area contributed by atoms with E-state index in [0.717, 1.165) is 55.5 Å². The van der Waals surface area contributed by atoms with Crippen LogP contribution in [0.3, 0.4) is 0 Å². The lowest BCUT2D eigenvalue weighted by molar-refractivity contribution is -0.137. The maximum atomic E-state index is 13.1. The van der Waals surface area contributed by atoms with Gasteiger partial charge >= 0.3 is 6.03 Å². The average molecular weight is 850 g/mol. The summed E-state index contributed by atoms with van der Waals surface area (Å²) < 4.78 is 12.0. The Morgan fingerprint density at radius 1 is 0.968 bits per heavy atom. The minimum absolute atomic E-state index is 0.0245. The summed E-state index contributed by atoms with van der Waals surface area (Å²) in [5.41, 5.74) is 9.85. The van der Waals surface area contributed by atoms with E-state index in [-0.39, 0.29) is 53.9 Å². The molecule has 1 unspecified atom stereocenters. The molecule has 1 aliphatic carbocycles. The van der Waals surface area contributed by atoms with E-state index in [1.807, 2.05) is 48.3 Å². The van der Waals surface area contributed by atoms with Gasteiger partial charge in [-0.1, -0.05) is 24.3 Å². The molecule has 1 saturated carbocycles. The zero-order chi connectivity index (χ0) is 43.3. The Morgan fingerprint density at radius 3 is 2.55 bits per heavy atom. The van der Waals surface area contributed by atoms with Crippen molar-refractivity contribution in [3.8, 4) is 5.75 Å². The largest absolute Gasteiger partial charge is 0.494 e. The van der Waals surface area contributed by atoms with Gasteiger partial charge in [-0.15, -0.1) is 0 Å². The van der Waals surface area contributed by atoms with E-state index in [1.54, 1.807) is 22.1 Å². The number of nitrogens with zero attached hydrogens (tertiary/aromatic N) is 6. The third kappa shape index (κ3) is 9.52. The Labute approximate surface area is 360 Å². The summed E-state index contributed by atoms with van der Waals surface area (Å²) in [6.45, 7) is 4.71. The number of piperidine rings is 2. The number of fused-ring (bicyclic) bond motifs is 1. The van der Waals surface area contributed by atoms with Gasteiger partial charge in [0.25, 0.3) is 11.8 Å². The lowest BCUT2D eigenvalue weighted by Gasteiger charge is -2.37. The molecule has 0 bridgehead atoms. The minimum atomic E-state index is -0.637. The zero-order valence-corrected chi connectivity index (χ0v) is 35.2. The molecule has 17 nitrogen and oxygen atoms in total. The van der Waals surface area contributed by atoms with Gasteiger partial charge in [0.1, 0.15) is 23.3 Å². The van der Waals surface area contributed by atoms with E-state index >= 15 is 0 Å². The van der Waals surface area contributed by atoms with Crippen LogP contribution in [0, 0.1) is 5.92 Å². The molecule has 17 heteroatoms. The van der Waals surface area contributed by atoms with Gasteiger partial charge < -0.3 is 40.1 Å². The highest BCUT2D eigenvalue weighted by Gasteiger charge is 2.40. The van der Waals surface area contributed by atoms with Gasteiger partial charge in [-0.3, -0.25) is 29.3 Å². The second kappa shape index (κ2) is 18.9. The van der Waals surface area contributed by atoms with E-state index in [9.17, 15) is 28.8 Å². The molecule has 7 amide bonds. The number of hydrogen-bond acceptors (Lipinski definition) is 11. The normalized spacial score (nSPS) is 22.4. The van der Waals surface area contributed by atoms with Crippen LogP contribution in [0.15, 0.2) is 48.7 Å². The lowest BCUT2D eigenvalue weighted by Crippen LogP contribution is -2.52. The van der Waals surface area contributed by atoms with Crippen molar-refractivity contribution in [1.82, 2.24) is 35.3 Å². The van der Waals surface area contributed by atoms with Crippen LogP contribution in [0.25, 0.3) is 0 Å². The molecule has 5 aliphatic rings. The highest BCUT2D eigenvalue weighted by Crippen LogP contribution is 2.33. The Kier molecular flexibility index (Phi) is 13.0. The summed E-state index contributed by atoms with van der Waals surface area (Å²) in [5.74, 6) is -0.226. The summed E-state index contributed by atoms with van der Waals surface area (Å²) >= 11 is 0. The molecule has 3 aromatic rings. The number of aromatic nitrogens is 2. The first-order valence-corrected chi connectivity index (χ1v) is 21.8. The second-order valence-electron chi connectivity index (χ2n) is 16.9. The number of amides is 7. The number of nitrogens with two attached hydrogens (primary N) is 1. The molecule has 4 N–H and O–H groups in total. The topological polar surface area (TPSA) is 210 Å². The SMILES string of the molecule is CN1CCN([C@@H]2CCCN(c3cnc(C(N)=O)c(Cc4ccc(OCCCNC(=O)C5CC(OCCCc6cccc7c6CN(C6CCC(=O)NC6=O)C7=O)C5)cc4)n3)C2)C1=O. The molecule has 0 radical (unpaired) electrons. The number of nitrogens with one attached hydrogen (secondary N) is 2. The first kappa shape index (κ1) is 42.6. The van der Waals surface area contributed by atoms with Gasteiger partial charge in [0.15, 0.2) is 0 Å². The van der Waals surface area contributed by atoms with Gasteiger partial charge in [0, 0.05) is 77.2 Å². The Balaban J connectivity index is 0.716. The third-order valence-electron chi connectivity index (χ3n) is 12.7. The molecule has 3 saturated heterocycles. The second-order valence-corrected chi connectivity index (χ2v) is 16.9. The molecule has 328 valence electrons. The molecule has 2 atom stereocenters. The highest BCUT2D eigenvalue weighted by molar-refractivity contribution is 6.05. The maximum absolute atomic E-state index is 13.1. The number of primary amides is 1. The van der Waals surface area contributed by atoms with Gasteiger partial charge in [-0.05, 0) is 86.3 Å². The molecule has 2 aromatic carbocycles. The van der Waals surface area contributed by atoms with Gasteiger partial charge in [-0.2, -0.15) is 0 Å². The molecule has 0 spiro atoms. The molecular weight excluding hydrogens is 795 g/mol.